The first-order valence-electron chi connectivity index (χ1n) is 10.5. The van der Waals surface area contributed by atoms with Gasteiger partial charge in [0.25, 0.3) is 0 Å². The molecular weight excluding hydrogens is 364 g/mol. The van der Waals surface area contributed by atoms with Gasteiger partial charge in [0.15, 0.2) is 5.78 Å². The van der Waals surface area contributed by atoms with Crippen molar-refractivity contribution in [1.29, 1.82) is 0 Å². The van der Waals surface area contributed by atoms with Crippen LogP contribution in [0.3, 0.4) is 0 Å². The number of fused-ring (bicyclic) bond motifs is 2. The van der Waals surface area contributed by atoms with E-state index in [4.69, 9.17) is 9.84 Å². The van der Waals surface area contributed by atoms with E-state index in [-0.39, 0.29) is 23.2 Å². The first-order valence-corrected chi connectivity index (χ1v) is 10.5. The maximum atomic E-state index is 12.7. The third-order valence-electron chi connectivity index (χ3n) is 6.79. The smallest absolute Gasteiger partial charge is 0.303 e. The number of ether oxygens (including phenoxy) is 1. The second kappa shape index (κ2) is 8.11. The number of hydrogen-bond acceptors (Lipinski definition) is 3. The van der Waals surface area contributed by atoms with Crippen LogP contribution in [0, 0.1) is 5.41 Å². The van der Waals surface area contributed by atoms with E-state index in [0.29, 0.717) is 17.7 Å². The number of aliphatic carboxylic acids is 1. The maximum Gasteiger partial charge on any atom is 0.303 e. The fourth-order valence-corrected chi connectivity index (χ4v) is 5.22. The molecule has 4 heteroatoms. The molecule has 2 aromatic rings. The van der Waals surface area contributed by atoms with Gasteiger partial charge in [-0.05, 0) is 62.0 Å². The van der Waals surface area contributed by atoms with E-state index in [9.17, 15) is 9.59 Å². The van der Waals surface area contributed by atoms with Gasteiger partial charge in [0.2, 0.25) is 0 Å². The number of carboxylic acid groups (broad SMARTS) is 1. The molecule has 2 aliphatic rings. The number of ketones is 1. The maximum absolute atomic E-state index is 12.7. The predicted molar refractivity (Wildman–Crippen MR) is 111 cm³/mol. The summed E-state index contributed by atoms with van der Waals surface area (Å²) >= 11 is 0. The normalized spacial score (nSPS) is 25.2. The highest BCUT2D eigenvalue weighted by molar-refractivity contribution is 6.09. The molecule has 4 rings (SSSR count). The SMILES string of the molecule is O=C(O)CCCC12CCC(OCc3cccc(C(=O)c4ccccc4)c3)(CC1)C2. The summed E-state index contributed by atoms with van der Waals surface area (Å²) in [7, 11) is 0. The summed E-state index contributed by atoms with van der Waals surface area (Å²) in [5, 5.41) is 8.90. The van der Waals surface area contributed by atoms with Crippen LogP contribution >= 0.6 is 0 Å². The molecule has 0 unspecified atom stereocenters. The monoisotopic (exact) mass is 392 g/mol. The Bertz CT molecular complexity index is 879. The van der Waals surface area contributed by atoms with Gasteiger partial charge in [-0.2, -0.15) is 0 Å². The molecule has 0 spiro atoms. The van der Waals surface area contributed by atoms with Crippen molar-refractivity contribution in [3.05, 3.63) is 71.3 Å². The van der Waals surface area contributed by atoms with Gasteiger partial charge in [-0.15, -0.1) is 0 Å². The second-order valence-corrected chi connectivity index (χ2v) is 8.79. The van der Waals surface area contributed by atoms with Crippen LogP contribution in [-0.4, -0.2) is 22.5 Å². The van der Waals surface area contributed by atoms with Gasteiger partial charge in [0.05, 0.1) is 12.2 Å². The summed E-state index contributed by atoms with van der Waals surface area (Å²) in [5.74, 6) is -0.672. The molecule has 0 atom stereocenters. The van der Waals surface area contributed by atoms with E-state index < -0.39 is 5.97 Å². The largest absolute Gasteiger partial charge is 0.481 e. The topological polar surface area (TPSA) is 63.6 Å². The molecule has 0 radical (unpaired) electrons. The molecule has 0 heterocycles. The molecule has 0 saturated heterocycles. The zero-order chi connectivity index (χ0) is 20.3. The molecule has 0 amide bonds. The Morgan fingerprint density at radius 3 is 2.38 bits per heavy atom. The van der Waals surface area contributed by atoms with E-state index in [2.05, 4.69) is 0 Å². The Morgan fingerprint density at radius 2 is 1.66 bits per heavy atom. The molecular formula is C25H28O4. The van der Waals surface area contributed by atoms with Crippen molar-refractivity contribution in [1.82, 2.24) is 0 Å². The highest BCUT2D eigenvalue weighted by atomic mass is 16.5. The molecule has 29 heavy (non-hydrogen) atoms. The Balaban J connectivity index is 1.37. The zero-order valence-corrected chi connectivity index (χ0v) is 16.7. The molecule has 0 aliphatic heterocycles. The van der Waals surface area contributed by atoms with Crippen LogP contribution in [0.1, 0.15) is 72.9 Å². The number of carbonyl (C=O) groups excluding carboxylic acids is 1. The van der Waals surface area contributed by atoms with Crippen LogP contribution in [0.15, 0.2) is 54.6 Å². The standard InChI is InChI=1S/C25H28O4/c26-22(27)10-5-11-24-12-14-25(18-24,15-13-24)29-17-19-6-4-9-21(16-19)23(28)20-7-2-1-3-8-20/h1-4,6-9,16H,5,10-15,17-18H2,(H,26,27). The van der Waals surface area contributed by atoms with Gasteiger partial charge in [0.1, 0.15) is 0 Å². The molecule has 2 aliphatic carbocycles. The fraction of sp³-hybridized carbons (Fsp3) is 0.440. The van der Waals surface area contributed by atoms with E-state index in [1.807, 2.05) is 54.6 Å². The molecule has 1 N–H and O–H groups in total. The number of benzene rings is 2. The summed E-state index contributed by atoms with van der Waals surface area (Å²) in [6.45, 7) is 0.515. The van der Waals surface area contributed by atoms with Crippen LogP contribution in [0.4, 0.5) is 0 Å². The minimum absolute atomic E-state index is 0.0322. The minimum Gasteiger partial charge on any atom is -0.481 e. The number of carboxylic acids is 1. The van der Waals surface area contributed by atoms with E-state index >= 15 is 0 Å². The van der Waals surface area contributed by atoms with Gasteiger partial charge in [-0.3, -0.25) is 9.59 Å². The highest BCUT2D eigenvalue weighted by Gasteiger charge is 2.54. The van der Waals surface area contributed by atoms with E-state index in [1.165, 1.54) is 0 Å². The number of rotatable bonds is 9. The first-order chi connectivity index (χ1) is 14.0. The molecule has 2 fully saturated rings. The second-order valence-electron chi connectivity index (χ2n) is 8.79. The Hall–Kier alpha value is -2.46. The van der Waals surface area contributed by atoms with Crippen molar-refractivity contribution < 1.29 is 19.4 Å². The van der Waals surface area contributed by atoms with Crippen LogP contribution in [0.2, 0.25) is 0 Å². The van der Waals surface area contributed by atoms with Gasteiger partial charge in [-0.1, -0.05) is 48.5 Å². The predicted octanol–water partition coefficient (Wildman–Crippen LogP) is 5.39. The van der Waals surface area contributed by atoms with Crippen LogP contribution in [0.25, 0.3) is 0 Å². The Kier molecular flexibility index (Phi) is 5.55. The molecule has 2 aromatic carbocycles. The third kappa shape index (κ3) is 4.43. The quantitative estimate of drug-likeness (QED) is 0.581. The fourth-order valence-electron chi connectivity index (χ4n) is 5.22. The summed E-state index contributed by atoms with van der Waals surface area (Å²) in [6.07, 6.45) is 7.45. The van der Waals surface area contributed by atoms with Crippen LogP contribution in [-0.2, 0) is 16.1 Å². The third-order valence-corrected chi connectivity index (χ3v) is 6.79. The van der Waals surface area contributed by atoms with E-state index in [1.54, 1.807) is 0 Å². The number of hydrogen-bond donors (Lipinski definition) is 1. The lowest BCUT2D eigenvalue weighted by Gasteiger charge is -2.28. The molecule has 152 valence electrons. The summed E-state index contributed by atoms with van der Waals surface area (Å²) < 4.78 is 6.43. The zero-order valence-electron chi connectivity index (χ0n) is 16.7. The first kappa shape index (κ1) is 19.8. The summed E-state index contributed by atoms with van der Waals surface area (Å²) in [4.78, 5) is 23.5. The van der Waals surface area contributed by atoms with Crippen molar-refractivity contribution in [3.8, 4) is 0 Å². The average Bonchev–Trinajstić information content (AvgIpc) is 3.29. The highest BCUT2D eigenvalue weighted by Crippen LogP contribution is 2.60. The van der Waals surface area contributed by atoms with Gasteiger partial charge in [-0.25, -0.2) is 0 Å². The van der Waals surface area contributed by atoms with Crippen LogP contribution < -0.4 is 0 Å². The van der Waals surface area contributed by atoms with Crippen molar-refractivity contribution in [2.24, 2.45) is 5.41 Å². The van der Waals surface area contributed by atoms with E-state index in [0.717, 1.165) is 50.5 Å². The van der Waals surface area contributed by atoms with Gasteiger partial charge < -0.3 is 9.84 Å². The minimum atomic E-state index is -0.704. The molecule has 2 saturated carbocycles. The molecule has 4 nitrogen and oxygen atoms in total. The van der Waals surface area contributed by atoms with Crippen molar-refractivity contribution >= 4 is 11.8 Å². The Labute approximate surface area is 171 Å². The van der Waals surface area contributed by atoms with Gasteiger partial charge in [0, 0.05) is 17.5 Å². The molecule has 0 aromatic heterocycles. The lowest BCUT2D eigenvalue weighted by Crippen LogP contribution is -2.26. The van der Waals surface area contributed by atoms with Crippen molar-refractivity contribution in [2.75, 3.05) is 0 Å². The lowest BCUT2D eigenvalue weighted by molar-refractivity contribution is -0.137. The number of carbonyl (C=O) groups is 2. The van der Waals surface area contributed by atoms with Crippen molar-refractivity contribution in [3.63, 3.8) is 0 Å². The summed E-state index contributed by atoms with van der Waals surface area (Å²) in [5.41, 5.74) is 2.62. The summed E-state index contributed by atoms with van der Waals surface area (Å²) in [6, 6.07) is 17.1. The van der Waals surface area contributed by atoms with Crippen molar-refractivity contribution in [2.45, 2.75) is 63.6 Å². The lowest BCUT2D eigenvalue weighted by atomic mass is 9.80. The Morgan fingerprint density at radius 1 is 0.931 bits per heavy atom. The molecule has 2 bridgehead atoms. The van der Waals surface area contributed by atoms with Crippen LogP contribution in [0.5, 0.6) is 0 Å². The van der Waals surface area contributed by atoms with Gasteiger partial charge >= 0.3 is 5.97 Å². The average molecular weight is 392 g/mol.